The van der Waals surface area contributed by atoms with Crippen LogP contribution in [0, 0.1) is 5.21 Å². The SMILES string of the molecule is O=C(NC(=O)c1ccccc1N([O-])O)Nc1ccc(Oc2ncc(Br)cn2)c(Cl)c1. The Kier molecular flexibility index (Phi) is 6.79. The van der Waals surface area contributed by atoms with Crippen LogP contribution in [0.1, 0.15) is 10.4 Å². The molecule has 0 saturated heterocycles. The number of amides is 3. The minimum atomic E-state index is -0.878. The highest BCUT2D eigenvalue weighted by Crippen LogP contribution is 2.30. The Morgan fingerprint density at radius 3 is 2.53 bits per heavy atom. The molecule has 1 aromatic heterocycles. The number of anilines is 2. The first-order valence-corrected chi connectivity index (χ1v) is 9.33. The molecule has 0 spiro atoms. The fourth-order valence-corrected chi connectivity index (χ4v) is 2.70. The third kappa shape index (κ3) is 5.42. The quantitative estimate of drug-likeness (QED) is 0.446. The molecule has 3 aromatic rings. The summed E-state index contributed by atoms with van der Waals surface area (Å²) in [5.74, 6) is -0.620. The Bertz CT molecular complexity index is 1080. The lowest BCUT2D eigenvalue weighted by Crippen LogP contribution is -2.35. The highest BCUT2D eigenvalue weighted by molar-refractivity contribution is 9.10. The molecule has 0 atom stereocenters. The van der Waals surface area contributed by atoms with Crippen molar-refractivity contribution in [1.82, 2.24) is 15.3 Å². The number of hydrogen-bond donors (Lipinski definition) is 3. The van der Waals surface area contributed by atoms with Crippen LogP contribution in [0.15, 0.2) is 59.3 Å². The predicted molar refractivity (Wildman–Crippen MR) is 112 cm³/mol. The van der Waals surface area contributed by atoms with Crippen molar-refractivity contribution in [2.24, 2.45) is 0 Å². The third-order valence-corrected chi connectivity index (χ3v) is 4.27. The number of hydrogen-bond acceptors (Lipinski definition) is 8. The van der Waals surface area contributed by atoms with Gasteiger partial charge >= 0.3 is 12.0 Å². The maximum Gasteiger partial charge on any atom is 0.326 e. The number of carbonyl (C=O) groups is 2. The van der Waals surface area contributed by atoms with Crippen molar-refractivity contribution >= 4 is 50.8 Å². The lowest BCUT2D eigenvalue weighted by molar-refractivity contribution is 0.0966. The Morgan fingerprint density at radius 1 is 1.17 bits per heavy atom. The Balaban J connectivity index is 1.65. The van der Waals surface area contributed by atoms with Crippen LogP contribution in [0.5, 0.6) is 11.8 Å². The molecule has 0 radical (unpaired) electrons. The number of rotatable bonds is 5. The van der Waals surface area contributed by atoms with Crippen molar-refractivity contribution in [3.05, 3.63) is 75.1 Å². The van der Waals surface area contributed by atoms with Crippen molar-refractivity contribution in [1.29, 1.82) is 0 Å². The van der Waals surface area contributed by atoms with E-state index in [-0.39, 0.29) is 33.7 Å². The average molecular weight is 494 g/mol. The van der Waals surface area contributed by atoms with E-state index in [9.17, 15) is 14.8 Å². The van der Waals surface area contributed by atoms with Crippen LogP contribution in [0.4, 0.5) is 16.2 Å². The van der Waals surface area contributed by atoms with Crippen LogP contribution in [-0.2, 0) is 0 Å². The number of urea groups is 1. The van der Waals surface area contributed by atoms with E-state index in [1.807, 2.05) is 0 Å². The molecule has 2 aromatic carbocycles. The van der Waals surface area contributed by atoms with Gasteiger partial charge in [-0.05, 0) is 46.3 Å². The van der Waals surface area contributed by atoms with E-state index in [4.69, 9.17) is 21.5 Å². The van der Waals surface area contributed by atoms with E-state index in [1.54, 1.807) is 0 Å². The predicted octanol–water partition coefficient (Wildman–Crippen LogP) is 4.34. The summed E-state index contributed by atoms with van der Waals surface area (Å²) in [7, 11) is 0. The highest BCUT2D eigenvalue weighted by atomic mass is 79.9. The molecule has 0 aliphatic carbocycles. The topological polar surface area (TPSA) is 140 Å². The van der Waals surface area contributed by atoms with Gasteiger partial charge in [0.2, 0.25) is 0 Å². The fraction of sp³-hybridized carbons (Fsp3) is 0. The van der Waals surface area contributed by atoms with Crippen LogP contribution in [0.25, 0.3) is 0 Å². The molecule has 0 unspecified atom stereocenters. The largest absolute Gasteiger partial charge is 0.733 e. The van der Waals surface area contributed by atoms with Crippen molar-refractivity contribution in [2.75, 3.05) is 10.5 Å². The summed E-state index contributed by atoms with van der Waals surface area (Å²) in [5.41, 5.74) is -0.209. The second-order valence-electron chi connectivity index (χ2n) is 5.63. The molecule has 1 heterocycles. The van der Waals surface area contributed by atoms with Crippen LogP contribution in [-0.4, -0.2) is 27.1 Å². The monoisotopic (exact) mass is 492 g/mol. The summed E-state index contributed by atoms with van der Waals surface area (Å²) in [6.45, 7) is 0. The smallest absolute Gasteiger partial charge is 0.326 e. The number of ether oxygens (including phenoxy) is 1. The highest BCUT2D eigenvalue weighted by Gasteiger charge is 2.15. The number of halogens is 2. The van der Waals surface area contributed by atoms with Gasteiger partial charge in [-0.3, -0.25) is 15.3 Å². The van der Waals surface area contributed by atoms with Gasteiger partial charge in [0.05, 0.1) is 20.7 Å². The minimum Gasteiger partial charge on any atom is -0.733 e. The number of benzene rings is 2. The average Bonchev–Trinajstić information content (AvgIpc) is 2.71. The number of para-hydroxylation sites is 1. The van der Waals surface area contributed by atoms with Crippen molar-refractivity contribution < 1.29 is 19.5 Å². The van der Waals surface area contributed by atoms with Crippen LogP contribution >= 0.6 is 27.5 Å². The molecule has 0 aliphatic rings. The van der Waals surface area contributed by atoms with Crippen LogP contribution in [0.3, 0.4) is 0 Å². The number of aromatic nitrogens is 2. The molecular weight excluding hydrogens is 482 g/mol. The first-order valence-electron chi connectivity index (χ1n) is 8.16. The Hall–Kier alpha value is -3.25. The summed E-state index contributed by atoms with van der Waals surface area (Å²) in [6, 6.07) is 9.05. The zero-order chi connectivity index (χ0) is 21.7. The molecule has 12 heteroatoms. The van der Waals surface area contributed by atoms with E-state index in [0.29, 0.717) is 4.47 Å². The molecule has 154 valence electrons. The van der Waals surface area contributed by atoms with Gasteiger partial charge in [-0.25, -0.2) is 14.8 Å². The third-order valence-electron chi connectivity index (χ3n) is 3.57. The van der Waals surface area contributed by atoms with Gasteiger partial charge in [-0.1, -0.05) is 23.7 Å². The zero-order valence-electron chi connectivity index (χ0n) is 14.9. The summed E-state index contributed by atoms with van der Waals surface area (Å²) in [4.78, 5) is 32.2. The first kappa shape index (κ1) is 21.5. The fourth-order valence-electron chi connectivity index (χ4n) is 2.28. The van der Waals surface area contributed by atoms with Gasteiger partial charge < -0.3 is 20.5 Å². The molecule has 0 fully saturated rings. The molecule has 3 amide bonds. The zero-order valence-corrected chi connectivity index (χ0v) is 17.2. The van der Waals surface area contributed by atoms with Crippen LogP contribution in [0.2, 0.25) is 5.02 Å². The Morgan fingerprint density at radius 2 is 1.87 bits per heavy atom. The number of nitrogens with zero attached hydrogens (tertiary/aromatic N) is 3. The molecule has 3 N–H and O–H groups in total. The maximum absolute atomic E-state index is 12.2. The molecule has 0 bridgehead atoms. The number of carbonyl (C=O) groups excluding carboxylic acids is 2. The number of nitrogens with one attached hydrogen (secondary N) is 2. The second kappa shape index (κ2) is 9.50. The normalized spacial score (nSPS) is 10.3. The minimum absolute atomic E-state index is 0.0825. The molecule has 10 nitrogen and oxygen atoms in total. The van der Waals surface area contributed by atoms with Crippen molar-refractivity contribution in [3.63, 3.8) is 0 Å². The van der Waals surface area contributed by atoms with Gasteiger partial charge in [-0.15, -0.1) is 0 Å². The van der Waals surface area contributed by atoms with E-state index >= 15 is 0 Å². The van der Waals surface area contributed by atoms with Gasteiger partial charge in [0.25, 0.3) is 5.91 Å². The molecule has 3 rings (SSSR count). The van der Waals surface area contributed by atoms with Crippen molar-refractivity contribution in [3.8, 4) is 11.8 Å². The lowest BCUT2D eigenvalue weighted by atomic mass is 10.1. The van der Waals surface area contributed by atoms with Crippen molar-refractivity contribution in [2.45, 2.75) is 0 Å². The lowest BCUT2D eigenvalue weighted by Gasteiger charge is -2.23. The second-order valence-corrected chi connectivity index (χ2v) is 6.95. The van der Waals surface area contributed by atoms with Gasteiger partial charge in [0.15, 0.2) is 0 Å². The molecule has 0 aliphatic heterocycles. The van der Waals surface area contributed by atoms with Gasteiger partial charge in [0.1, 0.15) is 5.75 Å². The molecule has 0 saturated carbocycles. The summed E-state index contributed by atoms with van der Waals surface area (Å²) < 4.78 is 6.15. The summed E-state index contributed by atoms with van der Waals surface area (Å²) >= 11 is 9.37. The molecule has 30 heavy (non-hydrogen) atoms. The Labute approximate surface area is 183 Å². The van der Waals surface area contributed by atoms with Crippen LogP contribution < -0.4 is 20.6 Å². The van der Waals surface area contributed by atoms with Gasteiger partial charge in [-0.2, -0.15) is 0 Å². The standard InChI is InChI=1S/C18H12BrClN5O5/c19-10-8-21-18(22-9-10)30-15-6-5-11(7-13(15)20)23-17(27)24-16(26)12-3-1-2-4-14(12)25(28)29/h1-9,28H,(H2,23,24,26,27)/q-1. The van der Waals surface area contributed by atoms with E-state index < -0.39 is 17.2 Å². The summed E-state index contributed by atoms with van der Waals surface area (Å²) in [5, 5.41) is 24.4. The van der Waals surface area contributed by atoms with E-state index in [2.05, 4.69) is 36.5 Å². The van der Waals surface area contributed by atoms with E-state index in [1.165, 1.54) is 54.9 Å². The maximum atomic E-state index is 12.2. The number of imide groups is 1. The summed E-state index contributed by atoms with van der Waals surface area (Å²) in [6.07, 6.45) is 3.02. The van der Waals surface area contributed by atoms with E-state index in [0.717, 1.165) is 0 Å². The molecular formula is C18H12BrClN5O5-. The van der Waals surface area contributed by atoms with Gasteiger partial charge in [0, 0.05) is 18.1 Å². The first-order chi connectivity index (χ1) is 14.3.